The van der Waals surface area contributed by atoms with Crippen LogP contribution in [0, 0.1) is 11.3 Å². The molecule has 0 bridgehead atoms. The van der Waals surface area contributed by atoms with Crippen molar-refractivity contribution in [1.82, 2.24) is 4.90 Å². The van der Waals surface area contributed by atoms with Crippen molar-refractivity contribution in [2.75, 3.05) is 31.6 Å². The fourth-order valence-corrected chi connectivity index (χ4v) is 2.44. The maximum absolute atomic E-state index is 12.1. The predicted octanol–water partition coefficient (Wildman–Crippen LogP) is 2.00. The van der Waals surface area contributed by atoms with Crippen molar-refractivity contribution in [2.24, 2.45) is 0 Å². The molecule has 1 aliphatic heterocycles. The first-order valence-corrected chi connectivity index (χ1v) is 7.15. The standard InChI is InChI=1S/C16H21N3O2/c1-16(2)12-21-10-9-19(16)8-7-15(20)18-14-6-4-3-5-13(14)11-17/h3-6H,7-10,12H2,1-2H3,(H,18,20). The molecule has 1 heterocycles. The molecule has 1 N–H and O–H groups in total. The molecule has 112 valence electrons. The second-order valence-corrected chi connectivity index (χ2v) is 5.81. The summed E-state index contributed by atoms with van der Waals surface area (Å²) in [6.45, 7) is 7.17. The first kappa shape index (κ1) is 15.5. The number of carbonyl (C=O) groups is 1. The van der Waals surface area contributed by atoms with Crippen LogP contribution in [0.25, 0.3) is 0 Å². The van der Waals surface area contributed by atoms with E-state index in [1.165, 1.54) is 0 Å². The molecule has 0 saturated carbocycles. The molecule has 1 fully saturated rings. The van der Waals surface area contributed by atoms with Gasteiger partial charge in [0.1, 0.15) is 6.07 Å². The molecule has 0 radical (unpaired) electrons. The van der Waals surface area contributed by atoms with Crippen LogP contribution in [0.5, 0.6) is 0 Å². The van der Waals surface area contributed by atoms with Gasteiger partial charge in [0.05, 0.1) is 24.5 Å². The summed E-state index contributed by atoms with van der Waals surface area (Å²) in [6, 6.07) is 9.11. The summed E-state index contributed by atoms with van der Waals surface area (Å²) in [4.78, 5) is 14.3. The van der Waals surface area contributed by atoms with Crippen LogP contribution in [0.4, 0.5) is 5.69 Å². The van der Waals surface area contributed by atoms with Crippen LogP contribution in [0.1, 0.15) is 25.8 Å². The van der Waals surface area contributed by atoms with Crippen molar-refractivity contribution in [3.63, 3.8) is 0 Å². The van der Waals surface area contributed by atoms with E-state index in [0.717, 1.165) is 6.54 Å². The molecule has 1 amide bonds. The molecule has 5 nitrogen and oxygen atoms in total. The molecule has 1 aromatic carbocycles. The summed E-state index contributed by atoms with van der Waals surface area (Å²) in [5.74, 6) is -0.0695. The zero-order chi connectivity index (χ0) is 15.3. The van der Waals surface area contributed by atoms with Gasteiger partial charge in [-0.25, -0.2) is 0 Å². The first-order valence-electron chi connectivity index (χ1n) is 7.15. The van der Waals surface area contributed by atoms with E-state index in [1.54, 1.807) is 18.2 Å². The van der Waals surface area contributed by atoms with Crippen LogP contribution in [-0.2, 0) is 9.53 Å². The van der Waals surface area contributed by atoms with Crippen LogP contribution in [0.2, 0.25) is 0 Å². The van der Waals surface area contributed by atoms with E-state index >= 15 is 0 Å². The van der Waals surface area contributed by atoms with E-state index < -0.39 is 0 Å². The maximum Gasteiger partial charge on any atom is 0.225 e. The van der Waals surface area contributed by atoms with Gasteiger partial charge in [-0.15, -0.1) is 0 Å². The summed E-state index contributed by atoms with van der Waals surface area (Å²) >= 11 is 0. The molecular weight excluding hydrogens is 266 g/mol. The lowest BCUT2D eigenvalue weighted by Gasteiger charge is -2.42. The summed E-state index contributed by atoms with van der Waals surface area (Å²) in [5, 5.41) is 11.8. The number of nitriles is 1. The van der Waals surface area contributed by atoms with Crippen LogP contribution in [0.3, 0.4) is 0 Å². The van der Waals surface area contributed by atoms with E-state index in [4.69, 9.17) is 10.00 Å². The average molecular weight is 287 g/mol. The number of carbonyl (C=O) groups excluding carboxylic acids is 1. The van der Waals surface area contributed by atoms with Gasteiger partial charge in [-0.3, -0.25) is 9.69 Å². The Morgan fingerprint density at radius 3 is 2.95 bits per heavy atom. The van der Waals surface area contributed by atoms with Gasteiger partial charge in [0.2, 0.25) is 5.91 Å². The Morgan fingerprint density at radius 1 is 1.48 bits per heavy atom. The summed E-state index contributed by atoms with van der Waals surface area (Å²) < 4.78 is 5.47. The van der Waals surface area contributed by atoms with Gasteiger partial charge in [0, 0.05) is 25.0 Å². The Balaban J connectivity index is 1.89. The number of benzene rings is 1. The third-order valence-electron chi connectivity index (χ3n) is 3.75. The number of rotatable bonds is 4. The lowest BCUT2D eigenvalue weighted by molar-refractivity contribution is -0.117. The summed E-state index contributed by atoms with van der Waals surface area (Å²) in [7, 11) is 0. The van der Waals surface area contributed by atoms with Crippen molar-refractivity contribution >= 4 is 11.6 Å². The number of nitrogens with zero attached hydrogens (tertiary/aromatic N) is 2. The third kappa shape index (κ3) is 4.03. The maximum atomic E-state index is 12.1. The second-order valence-electron chi connectivity index (χ2n) is 5.81. The molecular formula is C16H21N3O2. The highest BCUT2D eigenvalue weighted by molar-refractivity contribution is 5.92. The molecule has 0 unspecified atom stereocenters. The van der Waals surface area contributed by atoms with Crippen LogP contribution < -0.4 is 5.32 Å². The highest BCUT2D eigenvalue weighted by Crippen LogP contribution is 2.19. The summed E-state index contributed by atoms with van der Waals surface area (Å²) in [6.07, 6.45) is 0.406. The Hall–Kier alpha value is -1.90. The zero-order valence-corrected chi connectivity index (χ0v) is 12.6. The fourth-order valence-electron chi connectivity index (χ4n) is 2.44. The third-order valence-corrected chi connectivity index (χ3v) is 3.75. The Kier molecular flexibility index (Phi) is 4.94. The highest BCUT2D eigenvalue weighted by atomic mass is 16.5. The highest BCUT2D eigenvalue weighted by Gasteiger charge is 2.30. The van der Waals surface area contributed by atoms with Crippen molar-refractivity contribution in [3.8, 4) is 6.07 Å². The largest absolute Gasteiger partial charge is 0.378 e. The average Bonchev–Trinajstić information content (AvgIpc) is 2.46. The summed E-state index contributed by atoms with van der Waals surface area (Å²) in [5.41, 5.74) is 1.02. The Morgan fingerprint density at radius 2 is 2.24 bits per heavy atom. The zero-order valence-electron chi connectivity index (χ0n) is 12.6. The van der Waals surface area contributed by atoms with E-state index in [1.807, 2.05) is 6.07 Å². The topological polar surface area (TPSA) is 65.4 Å². The Bertz CT molecular complexity index is 549. The number of nitrogens with one attached hydrogen (secondary N) is 1. The number of hydrogen-bond acceptors (Lipinski definition) is 4. The molecule has 2 rings (SSSR count). The van der Waals surface area contributed by atoms with E-state index in [0.29, 0.717) is 37.4 Å². The van der Waals surface area contributed by atoms with Crippen molar-refractivity contribution in [2.45, 2.75) is 25.8 Å². The molecule has 1 aromatic rings. The smallest absolute Gasteiger partial charge is 0.225 e. The molecule has 21 heavy (non-hydrogen) atoms. The van der Waals surface area contributed by atoms with E-state index in [9.17, 15) is 4.79 Å². The van der Waals surface area contributed by atoms with Gasteiger partial charge < -0.3 is 10.1 Å². The number of amides is 1. The lowest BCUT2D eigenvalue weighted by atomic mass is 10.0. The normalized spacial score (nSPS) is 18.0. The van der Waals surface area contributed by atoms with Gasteiger partial charge in [0.15, 0.2) is 0 Å². The van der Waals surface area contributed by atoms with E-state index in [-0.39, 0.29) is 11.4 Å². The number of para-hydroxylation sites is 1. The minimum absolute atomic E-state index is 0.0386. The van der Waals surface area contributed by atoms with Crippen LogP contribution in [-0.4, -0.2) is 42.6 Å². The molecule has 1 saturated heterocycles. The quantitative estimate of drug-likeness (QED) is 0.920. The molecule has 0 aliphatic carbocycles. The SMILES string of the molecule is CC1(C)COCCN1CCC(=O)Nc1ccccc1C#N. The van der Waals surface area contributed by atoms with Crippen molar-refractivity contribution in [1.29, 1.82) is 5.26 Å². The van der Waals surface area contributed by atoms with Gasteiger partial charge in [0.25, 0.3) is 0 Å². The number of anilines is 1. The fraction of sp³-hybridized carbons (Fsp3) is 0.500. The first-order chi connectivity index (χ1) is 10.0. The monoisotopic (exact) mass is 287 g/mol. The van der Waals surface area contributed by atoms with Crippen LogP contribution >= 0.6 is 0 Å². The van der Waals surface area contributed by atoms with Crippen molar-refractivity contribution < 1.29 is 9.53 Å². The van der Waals surface area contributed by atoms with E-state index in [2.05, 4.69) is 30.1 Å². The number of ether oxygens (including phenoxy) is 1. The van der Waals surface area contributed by atoms with Gasteiger partial charge >= 0.3 is 0 Å². The minimum Gasteiger partial charge on any atom is -0.378 e. The molecule has 0 spiro atoms. The molecule has 1 aliphatic rings. The number of hydrogen-bond donors (Lipinski definition) is 1. The predicted molar refractivity (Wildman–Crippen MR) is 80.9 cm³/mol. The lowest BCUT2D eigenvalue weighted by Crippen LogP contribution is -2.53. The van der Waals surface area contributed by atoms with Gasteiger partial charge in [-0.1, -0.05) is 12.1 Å². The minimum atomic E-state index is -0.0695. The van der Waals surface area contributed by atoms with Crippen molar-refractivity contribution in [3.05, 3.63) is 29.8 Å². The number of morpholine rings is 1. The van der Waals surface area contributed by atoms with Gasteiger partial charge in [-0.2, -0.15) is 5.26 Å². The van der Waals surface area contributed by atoms with Gasteiger partial charge in [-0.05, 0) is 26.0 Å². The molecule has 0 aromatic heterocycles. The Labute approximate surface area is 125 Å². The van der Waals surface area contributed by atoms with Crippen LogP contribution in [0.15, 0.2) is 24.3 Å². The molecule has 0 atom stereocenters. The second kappa shape index (κ2) is 6.70. The molecule has 5 heteroatoms.